The second-order valence-corrected chi connectivity index (χ2v) is 7.62. The Bertz CT molecular complexity index is 1290. The van der Waals surface area contributed by atoms with E-state index in [0.717, 1.165) is 0 Å². The van der Waals surface area contributed by atoms with Crippen molar-refractivity contribution in [3.63, 3.8) is 0 Å². The van der Waals surface area contributed by atoms with Crippen LogP contribution >= 0.6 is 0 Å². The minimum absolute atomic E-state index is 0.0288. The maximum atomic E-state index is 14.4. The van der Waals surface area contributed by atoms with E-state index in [1.165, 1.54) is 0 Å². The van der Waals surface area contributed by atoms with Gasteiger partial charge in [-0.25, -0.2) is 22.0 Å². The third-order valence-corrected chi connectivity index (χ3v) is 5.56. The average Bonchev–Trinajstić information content (AvgIpc) is 2.67. The SMILES string of the molecule is CC(F)C(F)(F)S(=O)(=O)Oc1c(F)c(F)c2c(F)c(F)c(F)c3c2c1C(=O)N(F)C3=O. The molecule has 0 spiro atoms. The summed E-state index contributed by atoms with van der Waals surface area (Å²) in [6.07, 6.45) is -3.50. The predicted octanol–water partition coefficient (Wildman–Crippen LogP) is 3.68. The van der Waals surface area contributed by atoms with Crippen LogP contribution in [0.4, 0.5) is 39.6 Å². The maximum absolute atomic E-state index is 14.4. The highest BCUT2D eigenvalue weighted by molar-refractivity contribution is 7.88. The average molecular weight is 481 g/mol. The van der Waals surface area contributed by atoms with Crippen LogP contribution < -0.4 is 4.18 Å². The van der Waals surface area contributed by atoms with Crippen molar-refractivity contribution >= 4 is 32.7 Å². The quantitative estimate of drug-likeness (QED) is 0.219. The number of amides is 2. The smallest absolute Gasteiger partial charge is 0.374 e. The lowest BCUT2D eigenvalue weighted by atomic mass is 9.92. The first-order chi connectivity index (χ1) is 14.1. The number of rotatable bonds is 4. The number of carbonyl (C=O) groups is 2. The molecule has 1 aliphatic rings. The van der Waals surface area contributed by atoms with E-state index in [4.69, 9.17) is 0 Å². The lowest BCUT2D eigenvalue weighted by molar-refractivity contribution is 0.00686. The Hall–Kier alpha value is -3.04. The molecule has 31 heavy (non-hydrogen) atoms. The summed E-state index contributed by atoms with van der Waals surface area (Å²) in [5.41, 5.74) is -3.84. The molecule has 0 saturated heterocycles. The fraction of sp³-hybridized carbons (Fsp3) is 0.200. The molecule has 0 saturated carbocycles. The van der Waals surface area contributed by atoms with Crippen molar-refractivity contribution in [2.75, 3.05) is 0 Å². The van der Waals surface area contributed by atoms with Crippen molar-refractivity contribution in [1.82, 2.24) is 5.12 Å². The van der Waals surface area contributed by atoms with Gasteiger partial charge in [-0.1, -0.05) is 4.48 Å². The first kappa shape index (κ1) is 22.6. The molecular formula is C15H4F9NO5S. The lowest BCUT2D eigenvalue weighted by Gasteiger charge is -2.25. The van der Waals surface area contributed by atoms with Crippen molar-refractivity contribution in [3.05, 3.63) is 40.2 Å². The molecule has 2 amide bonds. The zero-order valence-corrected chi connectivity index (χ0v) is 15.2. The van der Waals surface area contributed by atoms with Gasteiger partial charge in [0, 0.05) is 5.39 Å². The summed E-state index contributed by atoms with van der Waals surface area (Å²) in [4.78, 5) is 23.8. The van der Waals surface area contributed by atoms with Gasteiger partial charge in [-0.05, 0) is 6.92 Å². The van der Waals surface area contributed by atoms with Crippen LogP contribution in [0.1, 0.15) is 27.6 Å². The maximum Gasteiger partial charge on any atom is 0.410 e. The number of carbonyl (C=O) groups excluding carboxylic acids is 2. The Kier molecular flexibility index (Phi) is 4.91. The highest BCUT2D eigenvalue weighted by Gasteiger charge is 2.54. The summed E-state index contributed by atoms with van der Waals surface area (Å²) >= 11 is 0. The van der Waals surface area contributed by atoms with Crippen molar-refractivity contribution in [2.24, 2.45) is 0 Å². The van der Waals surface area contributed by atoms with Gasteiger partial charge < -0.3 is 4.18 Å². The molecule has 2 aromatic rings. The van der Waals surface area contributed by atoms with Crippen molar-refractivity contribution < 1.29 is 61.8 Å². The Morgan fingerprint density at radius 2 is 1.32 bits per heavy atom. The van der Waals surface area contributed by atoms with Crippen LogP contribution in [-0.2, 0) is 10.1 Å². The molecule has 0 aromatic heterocycles. The number of nitrogens with zero attached hydrogens (tertiary/aromatic N) is 1. The van der Waals surface area contributed by atoms with E-state index in [1.807, 2.05) is 0 Å². The zero-order valence-electron chi connectivity index (χ0n) is 14.4. The third-order valence-electron chi connectivity index (χ3n) is 4.19. The van der Waals surface area contributed by atoms with E-state index < -0.39 is 95.2 Å². The van der Waals surface area contributed by atoms with E-state index in [0.29, 0.717) is 0 Å². The first-order valence-corrected chi connectivity index (χ1v) is 9.00. The number of hydrogen-bond donors (Lipinski definition) is 0. The number of benzene rings is 2. The van der Waals surface area contributed by atoms with Gasteiger partial charge >= 0.3 is 15.4 Å². The van der Waals surface area contributed by atoms with Gasteiger partial charge in [-0.15, -0.1) is 5.12 Å². The van der Waals surface area contributed by atoms with Crippen molar-refractivity contribution in [3.8, 4) is 5.75 Å². The van der Waals surface area contributed by atoms with Gasteiger partial charge in [0.1, 0.15) is 0 Å². The van der Waals surface area contributed by atoms with E-state index in [9.17, 15) is 57.6 Å². The number of alkyl halides is 3. The van der Waals surface area contributed by atoms with Crippen LogP contribution in [0.2, 0.25) is 0 Å². The van der Waals surface area contributed by atoms with E-state index >= 15 is 0 Å². The number of halogens is 9. The van der Waals surface area contributed by atoms with Crippen LogP contribution in [0.3, 0.4) is 0 Å². The molecule has 168 valence electrons. The fourth-order valence-corrected chi connectivity index (χ4v) is 3.57. The van der Waals surface area contributed by atoms with Gasteiger partial charge in [0.05, 0.1) is 16.5 Å². The summed E-state index contributed by atoms with van der Waals surface area (Å²) < 4.78 is 152. The molecule has 1 atom stereocenters. The van der Waals surface area contributed by atoms with Gasteiger partial charge in [0.2, 0.25) is 5.82 Å². The monoisotopic (exact) mass is 481 g/mol. The molecule has 1 unspecified atom stereocenters. The van der Waals surface area contributed by atoms with Crippen molar-refractivity contribution in [2.45, 2.75) is 18.3 Å². The molecule has 6 nitrogen and oxygen atoms in total. The molecule has 0 radical (unpaired) electrons. The normalized spacial score (nSPS) is 15.6. The lowest BCUT2D eigenvalue weighted by Crippen LogP contribution is -2.41. The van der Waals surface area contributed by atoms with Crippen LogP contribution in [0.15, 0.2) is 0 Å². The molecule has 0 bridgehead atoms. The summed E-state index contributed by atoms with van der Waals surface area (Å²) in [5, 5.41) is -10.6. The van der Waals surface area contributed by atoms with Crippen LogP contribution in [-0.4, -0.2) is 36.8 Å². The zero-order chi connectivity index (χ0) is 23.8. The fourth-order valence-electron chi connectivity index (χ4n) is 2.68. The third kappa shape index (κ3) is 2.84. The minimum atomic E-state index is -6.58. The van der Waals surface area contributed by atoms with E-state index in [-0.39, 0.29) is 6.92 Å². The Morgan fingerprint density at radius 3 is 1.84 bits per heavy atom. The molecule has 3 rings (SSSR count). The summed E-state index contributed by atoms with van der Waals surface area (Å²) in [7, 11) is -6.58. The molecule has 0 fully saturated rings. The Balaban J connectivity index is 2.53. The standard InChI is InChI=1S/C15H4F9NO5S/c1-2(16)15(22,23)31(28,29)30-12-6-3-4(8(18)11(12)21)7(17)10(20)9(19)5(3)13(26)25(24)14(6)27/h2H,1H3. The molecule has 16 heteroatoms. The summed E-state index contributed by atoms with van der Waals surface area (Å²) in [6, 6.07) is 0. The summed E-state index contributed by atoms with van der Waals surface area (Å²) in [6.45, 7) is 0.0288. The van der Waals surface area contributed by atoms with Gasteiger partial charge in [-0.2, -0.15) is 21.6 Å². The topological polar surface area (TPSA) is 80.8 Å². The van der Waals surface area contributed by atoms with Gasteiger partial charge in [-0.3, -0.25) is 9.59 Å². The number of hydrogen-bond acceptors (Lipinski definition) is 5. The molecule has 1 heterocycles. The summed E-state index contributed by atoms with van der Waals surface area (Å²) in [5.74, 6) is -20.1. The predicted molar refractivity (Wildman–Crippen MR) is 80.4 cm³/mol. The van der Waals surface area contributed by atoms with Crippen molar-refractivity contribution in [1.29, 1.82) is 0 Å². The highest BCUT2D eigenvalue weighted by Crippen LogP contribution is 2.44. The van der Waals surface area contributed by atoms with Gasteiger partial charge in [0.15, 0.2) is 35.2 Å². The molecule has 1 aliphatic heterocycles. The second kappa shape index (κ2) is 6.73. The molecule has 0 N–H and O–H groups in total. The van der Waals surface area contributed by atoms with Crippen LogP contribution in [0.25, 0.3) is 10.8 Å². The molecule has 0 aliphatic carbocycles. The van der Waals surface area contributed by atoms with E-state index in [2.05, 4.69) is 4.18 Å². The molecular weight excluding hydrogens is 477 g/mol. The largest absolute Gasteiger partial charge is 0.410 e. The van der Waals surface area contributed by atoms with Crippen LogP contribution in [0.5, 0.6) is 5.75 Å². The Morgan fingerprint density at radius 1 is 0.839 bits per heavy atom. The van der Waals surface area contributed by atoms with Gasteiger partial charge in [0.25, 0.3) is 11.8 Å². The molecule has 2 aromatic carbocycles. The highest BCUT2D eigenvalue weighted by atomic mass is 32.2. The minimum Gasteiger partial charge on any atom is -0.374 e. The first-order valence-electron chi connectivity index (χ1n) is 7.59. The number of imide groups is 1. The van der Waals surface area contributed by atoms with Crippen LogP contribution in [0, 0.1) is 29.1 Å². The second-order valence-electron chi connectivity index (χ2n) is 6.01. The Labute approximate surface area is 164 Å². The van der Waals surface area contributed by atoms with E-state index in [1.54, 1.807) is 0 Å².